The van der Waals surface area contributed by atoms with Crippen LogP contribution in [0, 0.1) is 0 Å². The second-order valence-corrected chi connectivity index (χ2v) is 7.97. The number of hydrogen-bond donors (Lipinski definition) is 2. The molecule has 4 aromatic rings. The zero-order chi connectivity index (χ0) is 25.9. The van der Waals surface area contributed by atoms with Gasteiger partial charge in [-0.15, -0.1) is 13.2 Å². The predicted octanol–water partition coefficient (Wildman–Crippen LogP) is 6.37. The molecule has 0 aliphatic heterocycles. The molecule has 8 nitrogen and oxygen atoms in total. The molecule has 0 fully saturated rings. The van der Waals surface area contributed by atoms with E-state index in [0.717, 1.165) is 17.7 Å². The Bertz CT molecular complexity index is 1350. The van der Waals surface area contributed by atoms with Crippen LogP contribution in [0.3, 0.4) is 0 Å². The van der Waals surface area contributed by atoms with Gasteiger partial charge in [-0.1, -0.05) is 40.5 Å². The number of benzene rings is 3. The second-order valence-electron chi connectivity index (χ2n) is 7.16. The van der Waals surface area contributed by atoms with Crippen LogP contribution in [0.2, 0.25) is 10.0 Å². The van der Waals surface area contributed by atoms with Crippen LogP contribution in [-0.2, 0) is 6.54 Å². The summed E-state index contributed by atoms with van der Waals surface area (Å²) in [6.07, 6.45) is -4.77. The molecule has 0 radical (unpaired) electrons. The monoisotopic (exact) mass is 539 g/mol. The van der Waals surface area contributed by atoms with Crippen LogP contribution in [0.25, 0.3) is 11.4 Å². The number of rotatable bonds is 7. The Morgan fingerprint density at radius 3 is 2.11 bits per heavy atom. The highest BCUT2D eigenvalue weighted by molar-refractivity contribution is 6.37. The minimum atomic E-state index is -4.77. The minimum absolute atomic E-state index is 0.00628. The number of halogens is 5. The van der Waals surface area contributed by atoms with Gasteiger partial charge < -0.3 is 24.4 Å². The van der Waals surface area contributed by atoms with Gasteiger partial charge in [0.25, 0.3) is 0 Å². The van der Waals surface area contributed by atoms with Crippen LogP contribution in [0.4, 0.5) is 13.2 Å². The zero-order valence-electron chi connectivity index (χ0n) is 17.8. The molecule has 1 aromatic heterocycles. The molecule has 0 saturated carbocycles. The number of nitrogens with one attached hydrogen (secondary N) is 1. The molecule has 1 amide bonds. The molecule has 0 spiro atoms. The molecule has 0 aliphatic carbocycles. The van der Waals surface area contributed by atoms with E-state index in [1.54, 1.807) is 24.3 Å². The standard InChI is InChI=1S/C23H14Cl2F3N3O5/c24-17-9-13(10-18(25)19(17)32)20-30-22(36-31-20)21(33)29-11-12-1-3-14(4-2-12)34-15-5-7-16(8-6-15)35-23(26,27)28/h1-10,32H,11H2,(H,29,33). The summed E-state index contributed by atoms with van der Waals surface area (Å²) in [5.41, 5.74) is 1.07. The SMILES string of the molecule is O=C(NCc1ccc(Oc2ccc(OC(F)(F)F)cc2)cc1)c1nc(-c2cc(Cl)c(O)c(Cl)c2)no1. The van der Waals surface area contributed by atoms with Crippen LogP contribution < -0.4 is 14.8 Å². The summed E-state index contributed by atoms with van der Waals surface area (Å²) in [7, 11) is 0. The minimum Gasteiger partial charge on any atom is -0.505 e. The lowest BCUT2D eigenvalue weighted by Gasteiger charge is -2.10. The van der Waals surface area contributed by atoms with Crippen molar-refractivity contribution in [3.05, 3.63) is 82.2 Å². The molecule has 1 heterocycles. The third-order valence-corrected chi connectivity index (χ3v) is 5.14. The van der Waals surface area contributed by atoms with Gasteiger partial charge >= 0.3 is 18.2 Å². The summed E-state index contributed by atoms with van der Waals surface area (Å²) in [6.45, 7) is 0.136. The first-order valence-corrected chi connectivity index (χ1v) is 10.8. The molecule has 2 N–H and O–H groups in total. The number of phenols is 1. The van der Waals surface area contributed by atoms with Crippen LogP contribution >= 0.6 is 23.2 Å². The Labute approximate surface area is 211 Å². The first-order valence-electron chi connectivity index (χ1n) is 10.0. The van der Waals surface area contributed by atoms with Crippen LogP contribution in [0.15, 0.2) is 65.2 Å². The van der Waals surface area contributed by atoms with Crippen molar-refractivity contribution in [2.75, 3.05) is 0 Å². The summed E-state index contributed by atoms with van der Waals surface area (Å²) >= 11 is 11.8. The molecule has 3 aromatic carbocycles. The molecule has 0 aliphatic rings. The van der Waals surface area contributed by atoms with Gasteiger partial charge in [-0.2, -0.15) is 4.98 Å². The van der Waals surface area contributed by atoms with E-state index >= 15 is 0 Å². The second kappa shape index (κ2) is 10.3. The fourth-order valence-corrected chi connectivity index (χ4v) is 3.39. The van der Waals surface area contributed by atoms with E-state index in [9.17, 15) is 23.1 Å². The Hall–Kier alpha value is -3.96. The van der Waals surface area contributed by atoms with Crippen LogP contribution in [-0.4, -0.2) is 27.5 Å². The molecule has 4 rings (SSSR count). The molecule has 0 saturated heterocycles. The first-order chi connectivity index (χ1) is 17.1. The van der Waals surface area contributed by atoms with Gasteiger partial charge in [0, 0.05) is 12.1 Å². The highest BCUT2D eigenvalue weighted by Crippen LogP contribution is 2.35. The predicted molar refractivity (Wildman–Crippen MR) is 122 cm³/mol. The van der Waals surface area contributed by atoms with Crippen molar-refractivity contribution in [2.45, 2.75) is 12.9 Å². The Morgan fingerprint density at radius 1 is 0.972 bits per heavy atom. The highest BCUT2D eigenvalue weighted by atomic mass is 35.5. The number of alkyl halides is 3. The van der Waals surface area contributed by atoms with Gasteiger partial charge in [-0.05, 0) is 54.1 Å². The smallest absolute Gasteiger partial charge is 0.505 e. The number of amides is 1. The van der Waals surface area contributed by atoms with E-state index in [2.05, 4.69) is 20.2 Å². The van der Waals surface area contributed by atoms with Crippen molar-refractivity contribution >= 4 is 29.1 Å². The molecule has 0 unspecified atom stereocenters. The van der Waals surface area contributed by atoms with Crippen molar-refractivity contribution in [3.63, 3.8) is 0 Å². The van der Waals surface area contributed by atoms with Crippen LogP contribution in [0.1, 0.15) is 16.2 Å². The Balaban J connectivity index is 1.32. The van der Waals surface area contributed by atoms with E-state index in [-0.39, 0.29) is 39.8 Å². The third kappa shape index (κ3) is 6.37. The molecule has 0 bridgehead atoms. The summed E-state index contributed by atoms with van der Waals surface area (Å²) in [5, 5.41) is 16.0. The van der Waals surface area contributed by atoms with Gasteiger partial charge in [-0.25, -0.2) is 0 Å². The molecule has 13 heteroatoms. The Kier molecular flexibility index (Phi) is 7.22. The van der Waals surface area contributed by atoms with Gasteiger partial charge in [0.05, 0.1) is 10.0 Å². The number of carbonyl (C=O) groups excluding carboxylic acids is 1. The summed E-state index contributed by atoms with van der Waals surface area (Å²) < 4.78 is 51.1. The summed E-state index contributed by atoms with van der Waals surface area (Å²) in [4.78, 5) is 16.4. The topological polar surface area (TPSA) is 107 Å². The maximum absolute atomic E-state index is 12.4. The maximum Gasteiger partial charge on any atom is 0.573 e. The fraction of sp³-hybridized carbons (Fsp3) is 0.0870. The quantitative estimate of drug-likeness (QED) is 0.281. The third-order valence-electron chi connectivity index (χ3n) is 4.56. The molecular formula is C23H14Cl2F3N3O5. The number of aromatic nitrogens is 2. The number of hydrogen-bond acceptors (Lipinski definition) is 7. The number of phenolic OH excluding ortho intramolecular Hbond substituents is 1. The number of ether oxygens (including phenoxy) is 2. The van der Waals surface area contributed by atoms with Gasteiger partial charge in [0.2, 0.25) is 5.82 Å². The largest absolute Gasteiger partial charge is 0.573 e. The van der Waals surface area contributed by atoms with Crippen molar-refractivity contribution in [2.24, 2.45) is 0 Å². The summed E-state index contributed by atoms with van der Waals surface area (Å²) in [6, 6.07) is 14.4. The van der Waals surface area contributed by atoms with Gasteiger partial charge in [0.1, 0.15) is 17.2 Å². The molecular weight excluding hydrogens is 526 g/mol. The van der Waals surface area contributed by atoms with Gasteiger partial charge in [0.15, 0.2) is 5.75 Å². The van der Waals surface area contributed by atoms with E-state index in [0.29, 0.717) is 17.1 Å². The van der Waals surface area contributed by atoms with E-state index in [1.165, 1.54) is 24.3 Å². The van der Waals surface area contributed by atoms with Crippen LogP contribution in [0.5, 0.6) is 23.0 Å². The fourth-order valence-electron chi connectivity index (χ4n) is 2.91. The summed E-state index contributed by atoms with van der Waals surface area (Å²) in [5.74, 6) is -0.743. The normalized spacial score (nSPS) is 11.2. The van der Waals surface area contributed by atoms with Crippen molar-refractivity contribution in [3.8, 4) is 34.4 Å². The first kappa shape index (κ1) is 25.1. The van der Waals surface area contributed by atoms with Gasteiger partial charge in [-0.3, -0.25) is 4.79 Å². The lowest BCUT2D eigenvalue weighted by atomic mass is 10.2. The zero-order valence-corrected chi connectivity index (χ0v) is 19.4. The number of carbonyl (C=O) groups is 1. The average Bonchev–Trinajstić information content (AvgIpc) is 3.32. The van der Waals surface area contributed by atoms with Crippen molar-refractivity contribution in [1.82, 2.24) is 15.5 Å². The number of aromatic hydroxyl groups is 1. The molecule has 0 atom stereocenters. The van der Waals surface area contributed by atoms with E-state index in [1.807, 2.05) is 0 Å². The highest BCUT2D eigenvalue weighted by Gasteiger charge is 2.31. The number of nitrogens with zero attached hydrogens (tertiary/aromatic N) is 2. The van der Waals surface area contributed by atoms with Crippen molar-refractivity contribution in [1.29, 1.82) is 0 Å². The lowest BCUT2D eigenvalue weighted by Crippen LogP contribution is -2.23. The molecule has 36 heavy (non-hydrogen) atoms. The maximum atomic E-state index is 12.4. The van der Waals surface area contributed by atoms with E-state index in [4.69, 9.17) is 32.5 Å². The van der Waals surface area contributed by atoms with E-state index < -0.39 is 12.3 Å². The lowest BCUT2D eigenvalue weighted by molar-refractivity contribution is -0.274. The molecule has 186 valence electrons. The average molecular weight is 540 g/mol. The van der Waals surface area contributed by atoms with Crippen molar-refractivity contribution < 1.29 is 37.1 Å². The Morgan fingerprint density at radius 2 is 1.53 bits per heavy atom.